The van der Waals surface area contributed by atoms with Crippen molar-refractivity contribution in [2.24, 2.45) is 0 Å². The van der Waals surface area contributed by atoms with Crippen LogP contribution < -0.4 is 0 Å². The predicted octanol–water partition coefficient (Wildman–Crippen LogP) is -3.61. The van der Waals surface area contributed by atoms with Crippen molar-refractivity contribution < 1.29 is 45.2 Å². The van der Waals surface area contributed by atoms with Gasteiger partial charge in [-0.1, -0.05) is 0 Å². The highest BCUT2D eigenvalue weighted by Crippen LogP contribution is 2.37. The van der Waals surface area contributed by atoms with Crippen molar-refractivity contribution in [2.75, 3.05) is 13.2 Å². The second kappa shape index (κ2) is 7.91. The van der Waals surface area contributed by atoms with Crippen LogP contribution >= 0.6 is 11.8 Å². The van der Waals surface area contributed by atoms with E-state index >= 15 is 0 Å². The van der Waals surface area contributed by atoms with Gasteiger partial charge < -0.3 is 45.2 Å². The number of thioether (sulfide) groups is 1. The van der Waals surface area contributed by atoms with Gasteiger partial charge in [0.1, 0.15) is 36.0 Å². The molecule has 9 nitrogen and oxygen atoms in total. The van der Waals surface area contributed by atoms with E-state index in [2.05, 4.69) is 0 Å². The number of hydrogen-bond acceptors (Lipinski definition) is 10. The Labute approximate surface area is 137 Å². The van der Waals surface area contributed by atoms with Crippen LogP contribution in [0, 0.1) is 0 Å². The topological polar surface area (TPSA) is 160 Å². The lowest BCUT2D eigenvalue weighted by Gasteiger charge is -2.45. The number of ether oxygens (including phenoxy) is 2. The third kappa shape index (κ3) is 3.82. The zero-order valence-electron chi connectivity index (χ0n) is 12.5. The van der Waals surface area contributed by atoms with Gasteiger partial charge in [0.2, 0.25) is 0 Å². The Hall–Kier alpha value is -0.0100. The number of aliphatic hydroxyl groups is 7. The minimum Gasteiger partial charge on any atom is -0.394 e. The molecule has 0 spiro atoms. The Kier molecular flexibility index (Phi) is 6.65. The van der Waals surface area contributed by atoms with E-state index in [4.69, 9.17) is 9.47 Å². The van der Waals surface area contributed by atoms with Crippen LogP contribution in [-0.4, -0.2) is 108 Å². The maximum absolute atomic E-state index is 10.2. The molecular weight excluding hydrogens is 332 g/mol. The molecule has 0 aromatic carbocycles. The molecule has 2 rings (SSSR count). The van der Waals surface area contributed by atoms with Gasteiger partial charge in [-0.15, -0.1) is 11.8 Å². The summed E-state index contributed by atoms with van der Waals surface area (Å²) in [5, 5.41) is 67.4. The maximum Gasteiger partial charge on any atom is 0.132 e. The van der Waals surface area contributed by atoms with Gasteiger partial charge in [-0.25, -0.2) is 0 Å². The summed E-state index contributed by atoms with van der Waals surface area (Å²) in [5.74, 6) is 0. The van der Waals surface area contributed by atoms with Crippen LogP contribution in [0.1, 0.15) is 6.92 Å². The summed E-state index contributed by atoms with van der Waals surface area (Å²) in [5.41, 5.74) is -1.08. The van der Waals surface area contributed by atoms with Crippen molar-refractivity contribution in [3.8, 4) is 0 Å². The highest BCUT2D eigenvalue weighted by atomic mass is 32.2. The van der Waals surface area contributed by atoms with E-state index < -0.39 is 72.7 Å². The van der Waals surface area contributed by atoms with Crippen LogP contribution in [0.25, 0.3) is 0 Å². The quantitative estimate of drug-likeness (QED) is 0.268. The second-order valence-corrected chi connectivity index (χ2v) is 7.12. The molecule has 0 amide bonds. The Balaban J connectivity index is 2.11. The minimum atomic E-state index is -1.53. The van der Waals surface area contributed by atoms with Crippen LogP contribution in [0.5, 0.6) is 0 Å². The summed E-state index contributed by atoms with van der Waals surface area (Å²) in [4.78, 5) is 0. The summed E-state index contributed by atoms with van der Waals surface area (Å²) in [6.45, 7) is 0.587. The summed E-state index contributed by atoms with van der Waals surface area (Å²) in [7, 11) is 0. The molecule has 10 heteroatoms. The normalized spacial score (nSPS) is 51.7. The number of hydrogen-bond donors (Lipinski definition) is 7. The van der Waals surface area contributed by atoms with Crippen molar-refractivity contribution in [3.05, 3.63) is 0 Å². The molecule has 2 aliphatic heterocycles. The summed E-state index contributed by atoms with van der Waals surface area (Å²) in [6, 6.07) is 0. The SMILES string of the molecule is C[C@@H]1OC(CO)[C@@H](S[C@@H]2OC(CO)[C@@H](O)C(O)C2O)C(O)C1O. The summed E-state index contributed by atoms with van der Waals surface area (Å²) in [6.07, 6.45) is -9.44. The first-order valence-electron chi connectivity index (χ1n) is 7.40. The molecule has 6 unspecified atom stereocenters. The molecule has 2 fully saturated rings. The average Bonchev–Trinajstić information content (AvgIpc) is 2.55. The van der Waals surface area contributed by atoms with E-state index in [1.807, 2.05) is 0 Å². The van der Waals surface area contributed by atoms with Crippen molar-refractivity contribution in [3.63, 3.8) is 0 Å². The Bertz CT molecular complexity index is 382. The van der Waals surface area contributed by atoms with E-state index in [1.54, 1.807) is 6.92 Å². The summed E-state index contributed by atoms with van der Waals surface area (Å²) >= 11 is 0.872. The van der Waals surface area contributed by atoms with Crippen molar-refractivity contribution in [1.29, 1.82) is 0 Å². The molecule has 0 bridgehead atoms. The molecule has 0 aliphatic carbocycles. The van der Waals surface area contributed by atoms with Gasteiger partial charge in [0, 0.05) is 0 Å². The molecule has 2 heterocycles. The number of aliphatic hydroxyl groups excluding tert-OH is 7. The van der Waals surface area contributed by atoms with Gasteiger partial charge in [0.15, 0.2) is 0 Å². The van der Waals surface area contributed by atoms with E-state index in [0.717, 1.165) is 11.8 Å². The van der Waals surface area contributed by atoms with Crippen molar-refractivity contribution >= 4 is 11.8 Å². The molecule has 10 atom stereocenters. The minimum absolute atomic E-state index is 0.413. The van der Waals surface area contributed by atoms with Gasteiger partial charge in [-0.2, -0.15) is 0 Å². The van der Waals surface area contributed by atoms with Crippen molar-refractivity contribution in [1.82, 2.24) is 0 Å². The molecule has 136 valence electrons. The fraction of sp³-hybridized carbons (Fsp3) is 1.00. The monoisotopic (exact) mass is 356 g/mol. The molecule has 0 saturated carbocycles. The average molecular weight is 356 g/mol. The van der Waals surface area contributed by atoms with Gasteiger partial charge in [-0.3, -0.25) is 0 Å². The largest absolute Gasteiger partial charge is 0.394 e. The molecule has 0 aromatic heterocycles. The Morgan fingerprint density at radius 2 is 1.35 bits per heavy atom. The van der Waals surface area contributed by atoms with Crippen LogP contribution in [-0.2, 0) is 9.47 Å². The maximum atomic E-state index is 10.2. The van der Waals surface area contributed by atoms with E-state index in [0.29, 0.717) is 0 Å². The highest BCUT2D eigenvalue weighted by molar-refractivity contribution is 8.00. The lowest BCUT2D eigenvalue weighted by atomic mass is 9.98. The van der Waals surface area contributed by atoms with Crippen LogP contribution in [0.3, 0.4) is 0 Å². The highest BCUT2D eigenvalue weighted by Gasteiger charge is 2.49. The van der Waals surface area contributed by atoms with Gasteiger partial charge in [0.25, 0.3) is 0 Å². The first kappa shape index (κ1) is 19.3. The molecule has 0 aromatic rings. The van der Waals surface area contributed by atoms with E-state index in [1.165, 1.54) is 0 Å². The Morgan fingerprint density at radius 3 is 1.91 bits per heavy atom. The lowest BCUT2D eigenvalue weighted by molar-refractivity contribution is -0.207. The third-order valence-electron chi connectivity index (χ3n) is 4.24. The second-order valence-electron chi connectivity index (χ2n) is 5.84. The predicted molar refractivity (Wildman–Crippen MR) is 78.6 cm³/mol. The zero-order valence-corrected chi connectivity index (χ0v) is 13.4. The van der Waals surface area contributed by atoms with Crippen LogP contribution in [0.2, 0.25) is 0 Å². The van der Waals surface area contributed by atoms with Gasteiger partial charge in [-0.05, 0) is 6.92 Å². The van der Waals surface area contributed by atoms with E-state index in [-0.39, 0.29) is 0 Å². The molecule has 0 radical (unpaired) electrons. The first-order valence-corrected chi connectivity index (χ1v) is 8.34. The Morgan fingerprint density at radius 1 is 0.739 bits per heavy atom. The van der Waals surface area contributed by atoms with E-state index in [9.17, 15) is 35.7 Å². The standard InChI is InChI=1S/C13H24O9S/c1-4-7(16)10(19)12(6(3-15)21-4)23-13-11(20)9(18)8(17)5(2-14)22-13/h4-20H,2-3H2,1H3/t4-,5?,6?,7?,8+,9?,10?,11?,12+,13-/m0/s1. The fourth-order valence-electron chi connectivity index (χ4n) is 2.78. The zero-order chi connectivity index (χ0) is 17.3. The molecule has 7 N–H and O–H groups in total. The number of rotatable bonds is 4. The smallest absolute Gasteiger partial charge is 0.132 e. The molecule has 2 aliphatic rings. The third-order valence-corrected chi connectivity index (χ3v) is 5.80. The van der Waals surface area contributed by atoms with Crippen LogP contribution in [0.15, 0.2) is 0 Å². The van der Waals surface area contributed by atoms with Gasteiger partial charge >= 0.3 is 0 Å². The van der Waals surface area contributed by atoms with Crippen molar-refractivity contribution in [2.45, 2.75) is 66.4 Å². The lowest BCUT2D eigenvalue weighted by Crippen LogP contribution is -2.60. The molecule has 23 heavy (non-hydrogen) atoms. The molecule has 2 saturated heterocycles. The molecular formula is C13H24O9S. The van der Waals surface area contributed by atoms with Gasteiger partial charge in [0.05, 0.1) is 36.8 Å². The first-order chi connectivity index (χ1) is 10.8. The summed E-state index contributed by atoms with van der Waals surface area (Å²) < 4.78 is 10.8. The fourth-order valence-corrected chi connectivity index (χ4v) is 4.26. The van der Waals surface area contributed by atoms with Crippen LogP contribution in [0.4, 0.5) is 0 Å².